The van der Waals surface area contributed by atoms with Crippen molar-refractivity contribution in [1.29, 1.82) is 0 Å². The number of aliphatic carboxylic acids is 1. The van der Waals surface area contributed by atoms with Gasteiger partial charge in [0.1, 0.15) is 11.6 Å². The lowest BCUT2D eigenvalue weighted by Gasteiger charge is -2.57. The first-order valence-corrected chi connectivity index (χ1v) is 7.56. The molecule has 4 atom stereocenters. The molecule has 1 fully saturated rings. The molecule has 0 heterocycles. The molecule has 122 valence electrons. The number of nitrogens with two attached hydrogens (primary N) is 1. The average Bonchev–Trinajstić information content (AvgIpc) is 2.42. The Hall–Kier alpha value is -1.14. The highest BCUT2D eigenvalue weighted by Crippen LogP contribution is 2.49. The van der Waals surface area contributed by atoms with Crippen LogP contribution in [-0.2, 0) is 14.3 Å². The first-order valence-electron chi connectivity index (χ1n) is 7.56. The number of hydrogen-bond donors (Lipinski definition) is 3. The summed E-state index contributed by atoms with van der Waals surface area (Å²) in [5, 5.41) is 11.9. The molecule has 0 radical (unpaired) electrons. The van der Waals surface area contributed by atoms with E-state index in [4.69, 9.17) is 10.5 Å². The summed E-state index contributed by atoms with van der Waals surface area (Å²) in [6, 6.07) is -0.912. The number of hydrogen-bond acceptors (Lipinski definition) is 4. The van der Waals surface area contributed by atoms with Gasteiger partial charge in [0, 0.05) is 18.4 Å². The maximum absolute atomic E-state index is 12.5. The van der Waals surface area contributed by atoms with Crippen LogP contribution in [0.2, 0.25) is 0 Å². The SMILES string of the molecule is CCOC1CC(N)(C(=O)N[C@H](C(=O)O)[C@@H](C)CC)C1(C)C. The van der Waals surface area contributed by atoms with Gasteiger partial charge in [0.15, 0.2) is 0 Å². The maximum Gasteiger partial charge on any atom is 0.326 e. The molecule has 0 aromatic heterocycles. The van der Waals surface area contributed by atoms with E-state index in [0.717, 1.165) is 0 Å². The molecule has 6 nitrogen and oxygen atoms in total. The van der Waals surface area contributed by atoms with Crippen LogP contribution in [0, 0.1) is 11.3 Å². The van der Waals surface area contributed by atoms with Crippen molar-refractivity contribution >= 4 is 11.9 Å². The molecule has 2 unspecified atom stereocenters. The summed E-state index contributed by atoms with van der Waals surface area (Å²) in [7, 11) is 0. The van der Waals surface area contributed by atoms with E-state index in [1.54, 1.807) is 6.92 Å². The Bertz CT molecular complexity index is 410. The zero-order chi connectivity index (χ0) is 16.4. The summed E-state index contributed by atoms with van der Waals surface area (Å²) in [5.74, 6) is -1.59. The Morgan fingerprint density at radius 1 is 1.43 bits per heavy atom. The fourth-order valence-corrected chi connectivity index (χ4v) is 2.77. The average molecular weight is 300 g/mol. The number of carbonyl (C=O) groups is 2. The number of carboxylic acids is 1. The lowest BCUT2D eigenvalue weighted by atomic mass is 9.54. The Kier molecular flexibility index (Phi) is 5.39. The van der Waals surface area contributed by atoms with Crippen molar-refractivity contribution in [3.63, 3.8) is 0 Å². The summed E-state index contributed by atoms with van der Waals surface area (Å²) < 4.78 is 5.58. The van der Waals surface area contributed by atoms with Crippen LogP contribution in [0.15, 0.2) is 0 Å². The lowest BCUT2D eigenvalue weighted by Crippen LogP contribution is -2.76. The maximum atomic E-state index is 12.5. The number of nitrogens with one attached hydrogen (secondary N) is 1. The second-order valence-corrected chi connectivity index (χ2v) is 6.52. The zero-order valence-electron chi connectivity index (χ0n) is 13.6. The molecule has 0 saturated heterocycles. The van der Waals surface area contributed by atoms with Crippen LogP contribution in [0.3, 0.4) is 0 Å². The van der Waals surface area contributed by atoms with Crippen molar-refractivity contribution in [1.82, 2.24) is 5.32 Å². The van der Waals surface area contributed by atoms with Crippen LogP contribution in [-0.4, -0.2) is 41.3 Å². The van der Waals surface area contributed by atoms with Gasteiger partial charge in [0.2, 0.25) is 5.91 Å². The minimum Gasteiger partial charge on any atom is -0.480 e. The number of amides is 1. The topological polar surface area (TPSA) is 102 Å². The zero-order valence-corrected chi connectivity index (χ0v) is 13.6. The Balaban J connectivity index is 2.82. The van der Waals surface area contributed by atoms with Gasteiger partial charge < -0.3 is 20.9 Å². The predicted molar refractivity (Wildman–Crippen MR) is 79.8 cm³/mol. The van der Waals surface area contributed by atoms with E-state index in [9.17, 15) is 14.7 Å². The quantitative estimate of drug-likeness (QED) is 0.654. The van der Waals surface area contributed by atoms with Gasteiger partial charge in [-0.2, -0.15) is 0 Å². The molecule has 0 spiro atoms. The van der Waals surface area contributed by atoms with Crippen molar-refractivity contribution in [2.45, 2.75) is 65.1 Å². The van der Waals surface area contributed by atoms with Gasteiger partial charge in [-0.1, -0.05) is 34.1 Å². The van der Waals surface area contributed by atoms with Gasteiger partial charge in [-0.05, 0) is 12.8 Å². The van der Waals surface area contributed by atoms with Gasteiger partial charge in [-0.15, -0.1) is 0 Å². The number of rotatable bonds is 7. The third-order valence-corrected chi connectivity index (χ3v) is 5.00. The van der Waals surface area contributed by atoms with Gasteiger partial charge in [-0.25, -0.2) is 4.79 Å². The van der Waals surface area contributed by atoms with Crippen LogP contribution in [0.5, 0.6) is 0 Å². The van der Waals surface area contributed by atoms with E-state index >= 15 is 0 Å². The molecule has 0 bridgehead atoms. The van der Waals surface area contributed by atoms with E-state index in [-0.39, 0.29) is 12.0 Å². The summed E-state index contributed by atoms with van der Waals surface area (Å²) in [4.78, 5) is 23.8. The molecular weight excluding hydrogens is 272 g/mol. The third kappa shape index (κ3) is 3.06. The van der Waals surface area contributed by atoms with E-state index in [2.05, 4.69) is 5.32 Å². The molecule has 1 aliphatic carbocycles. The van der Waals surface area contributed by atoms with E-state index in [1.807, 2.05) is 27.7 Å². The molecule has 6 heteroatoms. The van der Waals surface area contributed by atoms with Crippen molar-refractivity contribution in [3.8, 4) is 0 Å². The molecular formula is C15H28N2O4. The fraction of sp³-hybridized carbons (Fsp3) is 0.867. The van der Waals surface area contributed by atoms with E-state index in [0.29, 0.717) is 19.4 Å². The molecule has 1 rings (SSSR count). The van der Waals surface area contributed by atoms with Crippen LogP contribution < -0.4 is 11.1 Å². The number of ether oxygens (including phenoxy) is 1. The van der Waals surface area contributed by atoms with Crippen molar-refractivity contribution < 1.29 is 19.4 Å². The van der Waals surface area contributed by atoms with Crippen LogP contribution >= 0.6 is 0 Å². The molecule has 1 aliphatic rings. The Morgan fingerprint density at radius 2 is 2.00 bits per heavy atom. The molecule has 1 saturated carbocycles. The fourth-order valence-electron chi connectivity index (χ4n) is 2.77. The Morgan fingerprint density at radius 3 is 2.38 bits per heavy atom. The first kappa shape index (κ1) is 17.9. The monoisotopic (exact) mass is 300 g/mol. The number of carboxylic acid groups (broad SMARTS) is 1. The predicted octanol–water partition coefficient (Wildman–Crippen LogP) is 1.13. The second kappa shape index (κ2) is 6.32. The van der Waals surface area contributed by atoms with Gasteiger partial charge in [0.25, 0.3) is 0 Å². The van der Waals surface area contributed by atoms with Crippen molar-refractivity contribution in [2.24, 2.45) is 17.1 Å². The molecule has 1 amide bonds. The smallest absolute Gasteiger partial charge is 0.326 e. The largest absolute Gasteiger partial charge is 0.480 e. The van der Waals surface area contributed by atoms with Crippen LogP contribution in [0.1, 0.15) is 47.5 Å². The van der Waals surface area contributed by atoms with Gasteiger partial charge in [-0.3, -0.25) is 4.79 Å². The minimum absolute atomic E-state index is 0.0786. The molecule has 0 aromatic rings. The van der Waals surface area contributed by atoms with Crippen molar-refractivity contribution in [2.75, 3.05) is 6.61 Å². The van der Waals surface area contributed by atoms with Crippen LogP contribution in [0.25, 0.3) is 0 Å². The molecule has 21 heavy (non-hydrogen) atoms. The van der Waals surface area contributed by atoms with Gasteiger partial charge in [0.05, 0.1) is 6.10 Å². The van der Waals surface area contributed by atoms with Crippen molar-refractivity contribution in [3.05, 3.63) is 0 Å². The molecule has 0 aromatic carbocycles. The second-order valence-electron chi connectivity index (χ2n) is 6.52. The normalized spacial score (nSPS) is 30.1. The highest BCUT2D eigenvalue weighted by molar-refractivity contribution is 5.92. The summed E-state index contributed by atoms with van der Waals surface area (Å²) in [6.45, 7) is 9.93. The summed E-state index contributed by atoms with van der Waals surface area (Å²) in [6.07, 6.45) is 0.997. The van der Waals surface area contributed by atoms with Crippen LogP contribution in [0.4, 0.5) is 0 Å². The molecule has 4 N–H and O–H groups in total. The highest BCUT2D eigenvalue weighted by atomic mass is 16.5. The third-order valence-electron chi connectivity index (χ3n) is 5.00. The van der Waals surface area contributed by atoms with Gasteiger partial charge >= 0.3 is 5.97 Å². The Labute approximate surface area is 126 Å². The standard InChI is InChI=1S/C15H28N2O4/c1-6-9(3)11(12(18)19)17-13(20)15(16)8-10(21-7-2)14(15,4)5/h9-11H,6-8,16H2,1-5H3,(H,17,20)(H,18,19)/t9-,10?,11-,15?/m0/s1. The first-order chi connectivity index (χ1) is 9.61. The molecule has 0 aliphatic heterocycles. The summed E-state index contributed by atoms with van der Waals surface area (Å²) >= 11 is 0. The van der Waals surface area contributed by atoms with E-state index in [1.165, 1.54) is 0 Å². The summed E-state index contributed by atoms with van der Waals surface area (Å²) in [5.41, 5.74) is 4.64. The van der Waals surface area contributed by atoms with E-state index < -0.39 is 28.9 Å². The lowest BCUT2D eigenvalue weighted by molar-refractivity contribution is -0.172. The minimum atomic E-state index is -1.09. The highest BCUT2D eigenvalue weighted by Gasteiger charge is 2.63. The number of carbonyl (C=O) groups excluding carboxylic acids is 1.